The van der Waals surface area contributed by atoms with Crippen molar-refractivity contribution in [3.05, 3.63) is 112 Å². The zero-order chi connectivity index (χ0) is 25.2. The number of hydrazine groups is 1. The first-order chi connectivity index (χ1) is 17.5. The second-order valence-electron chi connectivity index (χ2n) is 8.20. The number of hydrogen-bond acceptors (Lipinski definition) is 5. The first-order valence-electron chi connectivity index (χ1n) is 11.2. The predicted molar refractivity (Wildman–Crippen MR) is 146 cm³/mol. The Balaban J connectivity index is 1.49. The molecule has 0 spiro atoms. The van der Waals surface area contributed by atoms with Crippen LogP contribution in [0.15, 0.2) is 83.8 Å². The molecule has 1 saturated heterocycles. The molecule has 8 heteroatoms. The first kappa shape index (κ1) is 23.5. The van der Waals surface area contributed by atoms with E-state index in [1.165, 1.54) is 0 Å². The Labute approximate surface area is 217 Å². The van der Waals surface area contributed by atoms with E-state index in [-0.39, 0.29) is 10.2 Å². The Bertz CT molecular complexity index is 1600. The summed E-state index contributed by atoms with van der Waals surface area (Å²) in [6.45, 7) is 2.52. The number of thiocarbonyl (C=S) groups is 1. The van der Waals surface area contributed by atoms with Crippen LogP contribution in [0, 0.1) is 18.3 Å². The van der Waals surface area contributed by atoms with E-state index in [2.05, 4.69) is 16.1 Å². The van der Waals surface area contributed by atoms with Crippen LogP contribution in [0.1, 0.15) is 32.7 Å². The molecule has 1 aromatic heterocycles. The monoisotopic (exact) mass is 508 g/mol. The van der Waals surface area contributed by atoms with Crippen LogP contribution in [0.2, 0.25) is 0 Å². The molecule has 36 heavy (non-hydrogen) atoms. The summed E-state index contributed by atoms with van der Waals surface area (Å²) in [5.41, 5.74) is 7.47. The van der Waals surface area contributed by atoms with Crippen LogP contribution < -0.4 is 5.43 Å². The summed E-state index contributed by atoms with van der Waals surface area (Å²) in [4.78, 5) is 26.2. The summed E-state index contributed by atoms with van der Waals surface area (Å²) in [5.74, 6) is -0.780. The fourth-order valence-electron chi connectivity index (χ4n) is 4.23. The summed E-state index contributed by atoms with van der Waals surface area (Å²) in [7, 11) is 0. The van der Waals surface area contributed by atoms with E-state index in [0.29, 0.717) is 22.6 Å². The van der Waals surface area contributed by atoms with Gasteiger partial charge in [-0.25, -0.2) is 0 Å². The maximum absolute atomic E-state index is 13.2. The number of nitrogens with zero attached hydrogens (tertiary/aromatic N) is 3. The van der Waals surface area contributed by atoms with Gasteiger partial charge in [0.25, 0.3) is 11.8 Å². The van der Waals surface area contributed by atoms with Crippen LogP contribution in [0.5, 0.6) is 0 Å². The molecule has 5 rings (SSSR count). The number of rotatable bonds is 5. The average molecular weight is 509 g/mol. The highest BCUT2D eigenvalue weighted by atomic mass is 32.2. The fraction of sp³-hybridized carbons (Fsp3) is 0.0714. The van der Waals surface area contributed by atoms with Crippen LogP contribution in [0.4, 0.5) is 0 Å². The minimum Gasteiger partial charge on any atom is -0.340 e. The Morgan fingerprint density at radius 2 is 1.75 bits per heavy atom. The third-order valence-electron chi connectivity index (χ3n) is 6.06. The second kappa shape index (κ2) is 9.82. The summed E-state index contributed by atoms with van der Waals surface area (Å²) >= 11 is 6.56. The summed E-state index contributed by atoms with van der Waals surface area (Å²) < 4.78 is 2.41. The highest BCUT2D eigenvalue weighted by molar-refractivity contribution is 8.26. The molecule has 176 valence electrons. The standard InChI is InChI=1S/C28H20N4O2S2/c1-18-23(15-25-27(34)32(28(35)36-25)30-26(33)19-9-3-2-4-10-19)22-13-7-8-14-24(22)31(18)17-21-12-6-5-11-20(21)16-29/h2-15H,17H2,1H3,(H,30,33)/b25-15-. The number of carbonyl (C=O) groups excluding carboxylic acids is 2. The molecule has 0 atom stereocenters. The molecule has 2 heterocycles. The van der Waals surface area contributed by atoms with Gasteiger partial charge in [0.1, 0.15) is 0 Å². The number of hydrogen-bond donors (Lipinski definition) is 1. The number of nitriles is 1. The number of para-hydroxylation sites is 1. The van der Waals surface area contributed by atoms with E-state index in [0.717, 1.165) is 44.5 Å². The van der Waals surface area contributed by atoms with Gasteiger partial charge in [0.2, 0.25) is 0 Å². The van der Waals surface area contributed by atoms with E-state index >= 15 is 0 Å². The van der Waals surface area contributed by atoms with Gasteiger partial charge in [0.15, 0.2) is 4.32 Å². The van der Waals surface area contributed by atoms with Crippen LogP contribution in [-0.4, -0.2) is 25.7 Å². The zero-order valence-electron chi connectivity index (χ0n) is 19.3. The highest BCUT2D eigenvalue weighted by Gasteiger charge is 2.34. The lowest BCUT2D eigenvalue weighted by Gasteiger charge is -2.15. The van der Waals surface area contributed by atoms with E-state index in [1.807, 2.05) is 67.6 Å². The van der Waals surface area contributed by atoms with Crippen LogP contribution >= 0.6 is 24.0 Å². The van der Waals surface area contributed by atoms with Gasteiger partial charge in [-0.3, -0.25) is 15.0 Å². The Hall–Kier alpha value is -4.19. The highest BCUT2D eigenvalue weighted by Crippen LogP contribution is 2.35. The molecule has 6 nitrogen and oxygen atoms in total. The number of thioether (sulfide) groups is 1. The zero-order valence-corrected chi connectivity index (χ0v) is 20.9. The van der Waals surface area contributed by atoms with E-state index in [4.69, 9.17) is 12.2 Å². The van der Waals surface area contributed by atoms with Gasteiger partial charge in [0.05, 0.1) is 16.5 Å². The molecule has 4 aromatic rings. The van der Waals surface area contributed by atoms with Gasteiger partial charge < -0.3 is 4.57 Å². The van der Waals surface area contributed by atoms with Crippen LogP contribution in [-0.2, 0) is 11.3 Å². The largest absolute Gasteiger partial charge is 0.340 e. The van der Waals surface area contributed by atoms with E-state index in [9.17, 15) is 14.9 Å². The van der Waals surface area contributed by atoms with Crippen molar-refractivity contribution in [2.24, 2.45) is 0 Å². The molecule has 2 amide bonds. The lowest BCUT2D eigenvalue weighted by Crippen LogP contribution is -2.44. The SMILES string of the molecule is Cc1c(/C=C2\SC(=S)N(NC(=O)c3ccccc3)C2=O)c2ccccc2n1Cc1ccccc1C#N. The van der Waals surface area contributed by atoms with Gasteiger partial charge >= 0.3 is 0 Å². The van der Waals surface area contributed by atoms with Gasteiger partial charge in [-0.1, -0.05) is 66.4 Å². The number of nitrogens with one attached hydrogen (secondary N) is 1. The van der Waals surface area contributed by atoms with Crippen molar-refractivity contribution >= 4 is 57.1 Å². The average Bonchev–Trinajstić information content (AvgIpc) is 3.32. The van der Waals surface area contributed by atoms with E-state index < -0.39 is 5.91 Å². The van der Waals surface area contributed by atoms with Crippen LogP contribution in [0.25, 0.3) is 17.0 Å². The fourth-order valence-corrected chi connectivity index (χ4v) is 5.39. The Morgan fingerprint density at radius 1 is 1.06 bits per heavy atom. The van der Waals surface area contributed by atoms with Crippen molar-refractivity contribution in [2.75, 3.05) is 0 Å². The third kappa shape index (κ3) is 4.31. The van der Waals surface area contributed by atoms with Gasteiger partial charge in [-0.2, -0.15) is 10.3 Å². The molecule has 0 saturated carbocycles. The topological polar surface area (TPSA) is 78.1 Å². The molecule has 1 aliphatic rings. The van der Waals surface area contributed by atoms with Gasteiger partial charge in [-0.15, -0.1) is 0 Å². The van der Waals surface area contributed by atoms with Crippen molar-refractivity contribution in [3.63, 3.8) is 0 Å². The molecule has 1 aliphatic heterocycles. The first-order valence-corrected chi connectivity index (χ1v) is 12.4. The molecule has 0 radical (unpaired) electrons. The minimum atomic E-state index is -0.405. The molecule has 0 unspecified atom stereocenters. The van der Waals surface area contributed by atoms with Crippen molar-refractivity contribution < 1.29 is 9.59 Å². The molecule has 0 aliphatic carbocycles. The molecular weight excluding hydrogens is 488 g/mol. The maximum Gasteiger partial charge on any atom is 0.285 e. The second-order valence-corrected chi connectivity index (χ2v) is 9.87. The molecule has 1 N–H and O–H groups in total. The Morgan fingerprint density at radius 3 is 2.53 bits per heavy atom. The van der Waals surface area contributed by atoms with Gasteiger partial charge in [-0.05, 0) is 55.0 Å². The number of amides is 2. The smallest absolute Gasteiger partial charge is 0.285 e. The number of fused-ring (bicyclic) bond motifs is 1. The number of aromatic nitrogens is 1. The molecular formula is C28H20N4O2S2. The lowest BCUT2D eigenvalue weighted by molar-refractivity contribution is -0.123. The number of carbonyl (C=O) groups is 2. The van der Waals surface area contributed by atoms with Gasteiger partial charge in [0, 0.05) is 34.3 Å². The maximum atomic E-state index is 13.2. The van der Waals surface area contributed by atoms with Crippen molar-refractivity contribution in [3.8, 4) is 6.07 Å². The van der Waals surface area contributed by atoms with Crippen molar-refractivity contribution in [1.29, 1.82) is 5.26 Å². The quantitative estimate of drug-likeness (QED) is 0.288. The van der Waals surface area contributed by atoms with Crippen LogP contribution in [0.3, 0.4) is 0 Å². The molecule has 0 bridgehead atoms. The van der Waals surface area contributed by atoms with Crippen molar-refractivity contribution in [1.82, 2.24) is 15.0 Å². The van der Waals surface area contributed by atoms with E-state index in [1.54, 1.807) is 24.3 Å². The molecule has 3 aromatic carbocycles. The summed E-state index contributed by atoms with van der Waals surface area (Å²) in [6, 6.07) is 26.4. The minimum absolute atomic E-state index is 0.264. The summed E-state index contributed by atoms with van der Waals surface area (Å²) in [5, 5.41) is 11.6. The lowest BCUT2D eigenvalue weighted by atomic mass is 10.1. The Kier molecular flexibility index (Phi) is 6.42. The summed E-state index contributed by atoms with van der Waals surface area (Å²) in [6.07, 6.45) is 1.83. The third-order valence-corrected chi connectivity index (χ3v) is 7.37. The predicted octanol–water partition coefficient (Wildman–Crippen LogP) is 5.42. The normalized spacial score (nSPS) is 14.4. The number of benzene rings is 3. The molecule has 1 fully saturated rings. The van der Waals surface area contributed by atoms with Crippen molar-refractivity contribution in [2.45, 2.75) is 13.5 Å².